The Labute approximate surface area is 72.9 Å². The first-order chi connectivity index (χ1) is 5.74. The van der Waals surface area contributed by atoms with Crippen molar-refractivity contribution in [3.05, 3.63) is 40.7 Å². The van der Waals surface area contributed by atoms with Crippen LogP contribution >= 0.6 is 0 Å². The molecule has 0 N–H and O–H groups in total. The third-order valence-corrected chi connectivity index (χ3v) is 2.93. The van der Waals surface area contributed by atoms with Crippen molar-refractivity contribution in [3.8, 4) is 0 Å². The standard InChI is InChI=1S/C11H11N/c1-7-8(2)11-6-9(12-3)4-5-10(7)11/h4-8H,1-2H3. The molecule has 1 nitrogen and oxygen atoms in total. The van der Waals surface area contributed by atoms with E-state index in [-0.39, 0.29) is 0 Å². The highest BCUT2D eigenvalue weighted by atomic mass is 14.6. The van der Waals surface area contributed by atoms with E-state index in [1.807, 2.05) is 12.1 Å². The van der Waals surface area contributed by atoms with Crippen LogP contribution in [-0.4, -0.2) is 0 Å². The van der Waals surface area contributed by atoms with E-state index in [2.05, 4.69) is 24.8 Å². The largest absolute Gasteiger partial charge is 0.238 e. The Morgan fingerprint density at radius 3 is 2.50 bits per heavy atom. The Kier molecular flexibility index (Phi) is 1.44. The summed E-state index contributed by atoms with van der Waals surface area (Å²) in [6.45, 7) is 11.3. The molecule has 2 atom stereocenters. The fourth-order valence-electron chi connectivity index (χ4n) is 1.88. The number of benzene rings is 1. The van der Waals surface area contributed by atoms with Crippen LogP contribution in [0.1, 0.15) is 36.8 Å². The summed E-state index contributed by atoms with van der Waals surface area (Å²) in [4.78, 5) is 3.42. The Balaban J connectivity index is 2.50. The van der Waals surface area contributed by atoms with Crippen molar-refractivity contribution in [3.63, 3.8) is 0 Å². The first-order valence-corrected chi connectivity index (χ1v) is 4.25. The van der Waals surface area contributed by atoms with Crippen molar-refractivity contribution in [1.82, 2.24) is 0 Å². The normalized spacial score (nSPS) is 25.4. The van der Waals surface area contributed by atoms with Crippen LogP contribution in [-0.2, 0) is 0 Å². The van der Waals surface area contributed by atoms with Crippen LogP contribution in [0.4, 0.5) is 5.69 Å². The minimum atomic E-state index is 0.640. The zero-order valence-electron chi connectivity index (χ0n) is 7.33. The predicted molar refractivity (Wildman–Crippen MR) is 49.5 cm³/mol. The molecule has 0 fully saturated rings. The molecule has 60 valence electrons. The Morgan fingerprint density at radius 1 is 1.17 bits per heavy atom. The summed E-state index contributed by atoms with van der Waals surface area (Å²) in [6.07, 6.45) is 0. The summed E-state index contributed by atoms with van der Waals surface area (Å²) < 4.78 is 0. The molecule has 1 aliphatic rings. The molecule has 1 aromatic rings. The van der Waals surface area contributed by atoms with Gasteiger partial charge in [0, 0.05) is 0 Å². The molecule has 0 amide bonds. The van der Waals surface area contributed by atoms with E-state index in [4.69, 9.17) is 6.57 Å². The summed E-state index contributed by atoms with van der Waals surface area (Å²) in [5, 5.41) is 0. The first-order valence-electron chi connectivity index (χ1n) is 4.25. The molecule has 1 heteroatoms. The van der Waals surface area contributed by atoms with Crippen molar-refractivity contribution in [1.29, 1.82) is 0 Å². The fraction of sp³-hybridized carbons (Fsp3) is 0.364. The van der Waals surface area contributed by atoms with E-state index in [9.17, 15) is 0 Å². The first kappa shape index (κ1) is 7.36. The molecule has 0 saturated carbocycles. The molecule has 2 rings (SSSR count). The lowest BCUT2D eigenvalue weighted by atomic mass is 9.70. The lowest BCUT2D eigenvalue weighted by Crippen LogP contribution is -2.18. The summed E-state index contributed by atoms with van der Waals surface area (Å²) in [6, 6.07) is 6.02. The highest BCUT2D eigenvalue weighted by molar-refractivity contribution is 5.55. The Bertz CT molecular complexity index is 360. The number of nitrogens with zero attached hydrogens (tertiary/aromatic N) is 1. The molecule has 1 aromatic carbocycles. The number of hydrogen-bond donors (Lipinski definition) is 0. The summed E-state index contributed by atoms with van der Waals surface area (Å²) in [5.41, 5.74) is 3.57. The molecule has 0 aliphatic heterocycles. The van der Waals surface area contributed by atoms with Crippen LogP contribution < -0.4 is 0 Å². The van der Waals surface area contributed by atoms with Gasteiger partial charge in [0.25, 0.3) is 0 Å². The van der Waals surface area contributed by atoms with E-state index in [0.717, 1.165) is 5.69 Å². The molecule has 2 unspecified atom stereocenters. The van der Waals surface area contributed by atoms with Gasteiger partial charge in [0.2, 0.25) is 0 Å². The van der Waals surface area contributed by atoms with Crippen molar-refractivity contribution >= 4 is 5.69 Å². The van der Waals surface area contributed by atoms with Gasteiger partial charge in [-0.15, -0.1) is 0 Å². The van der Waals surface area contributed by atoms with Gasteiger partial charge in [-0.25, -0.2) is 4.85 Å². The minimum Gasteiger partial charge on any atom is -0.238 e. The minimum absolute atomic E-state index is 0.640. The maximum atomic E-state index is 6.88. The van der Waals surface area contributed by atoms with Crippen molar-refractivity contribution in [2.24, 2.45) is 0 Å². The highest BCUT2D eigenvalue weighted by Gasteiger charge is 2.29. The predicted octanol–water partition coefficient (Wildman–Crippen LogP) is 3.46. The second-order valence-corrected chi connectivity index (χ2v) is 3.50. The van der Waals surface area contributed by atoms with Gasteiger partial charge >= 0.3 is 0 Å². The summed E-state index contributed by atoms with van der Waals surface area (Å²) in [5.74, 6) is 1.32. The van der Waals surface area contributed by atoms with Gasteiger partial charge in [-0.1, -0.05) is 37.6 Å². The lowest BCUT2D eigenvalue weighted by Gasteiger charge is -2.35. The van der Waals surface area contributed by atoms with E-state index in [1.165, 1.54) is 11.1 Å². The van der Waals surface area contributed by atoms with Gasteiger partial charge in [0.15, 0.2) is 5.69 Å². The van der Waals surface area contributed by atoms with Crippen LogP contribution in [0, 0.1) is 6.57 Å². The van der Waals surface area contributed by atoms with Crippen LogP contribution in [0.5, 0.6) is 0 Å². The van der Waals surface area contributed by atoms with Gasteiger partial charge in [0.05, 0.1) is 6.57 Å². The molecular weight excluding hydrogens is 146 g/mol. The van der Waals surface area contributed by atoms with Crippen molar-refractivity contribution in [2.75, 3.05) is 0 Å². The molecule has 1 aliphatic carbocycles. The Hall–Kier alpha value is -1.29. The second kappa shape index (κ2) is 2.35. The van der Waals surface area contributed by atoms with Crippen LogP contribution in [0.3, 0.4) is 0 Å². The molecule has 0 radical (unpaired) electrons. The van der Waals surface area contributed by atoms with Crippen LogP contribution in [0.15, 0.2) is 18.2 Å². The topological polar surface area (TPSA) is 4.36 Å². The van der Waals surface area contributed by atoms with E-state index >= 15 is 0 Å². The molecular formula is C11H11N. The molecule has 0 spiro atoms. The summed E-state index contributed by atoms with van der Waals surface area (Å²) >= 11 is 0. The average molecular weight is 157 g/mol. The van der Waals surface area contributed by atoms with E-state index < -0.39 is 0 Å². The molecule has 0 aromatic heterocycles. The number of rotatable bonds is 0. The smallest absolute Gasteiger partial charge is 0.187 e. The fourth-order valence-corrected chi connectivity index (χ4v) is 1.88. The quantitative estimate of drug-likeness (QED) is 0.508. The van der Waals surface area contributed by atoms with Crippen molar-refractivity contribution in [2.45, 2.75) is 25.7 Å². The second-order valence-electron chi connectivity index (χ2n) is 3.50. The zero-order valence-corrected chi connectivity index (χ0v) is 7.33. The van der Waals surface area contributed by atoms with Crippen molar-refractivity contribution < 1.29 is 0 Å². The third kappa shape index (κ3) is 0.783. The maximum absolute atomic E-state index is 6.88. The highest BCUT2D eigenvalue weighted by Crippen LogP contribution is 2.46. The van der Waals surface area contributed by atoms with Gasteiger partial charge < -0.3 is 0 Å². The summed E-state index contributed by atoms with van der Waals surface area (Å²) in [7, 11) is 0. The lowest BCUT2D eigenvalue weighted by molar-refractivity contribution is 0.543. The monoisotopic (exact) mass is 157 g/mol. The number of fused-ring (bicyclic) bond motifs is 1. The molecule has 0 bridgehead atoms. The van der Waals surface area contributed by atoms with Crippen LogP contribution in [0.2, 0.25) is 0 Å². The van der Waals surface area contributed by atoms with Crippen LogP contribution in [0.25, 0.3) is 4.85 Å². The van der Waals surface area contributed by atoms with Gasteiger partial charge in [-0.3, -0.25) is 0 Å². The Morgan fingerprint density at radius 2 is 1.83 bits per heavy atom. The number of hydrogen-bond acceptors (Lipinski definition) is 0. The average Bonchev–Trinajstić information content (AvgIpc) is 2.15. The van der Waals surface area contributed by atoms with Gasteiger partial charge in [-0.05, 0) is 17.4 Å². The molecule has 0 heterocycles. The molecule has 12 heavy (non-hydrogen) atoms. The SMILES string of the molecule is [C-]#[N+]c1ccc2c(c1)C(C)C2C. The van der Waals surface area contributed by atoms with Gasteiger partial charge in [-0.2, -0.15) is 0 Å². The van der Waals surface area contributed by atoms with E-state index in [0.29, 0.717) is 11.8 Å². The zero-order chi connectivity index (χ0) is 8.72. The third-order valence-electron chi connectivity index (χ3n) is 2.93. The molecule has 0 saturated heterocycles. The maximum Gasteiger partial charge on any atom is 0.187 e. The van der Waals surface area contributed by atoms with E-state index in [1.54, 1.807) is 0 Å². The van der Waals surface area contributed by atoms with Gasteiger partial charge in [0.1, 0.15) is 0 Å².